The Hall–Kier alpha value is -2.04. The highest BCUT2D eigenvalue weighted by atomic mass is 19.1. The van der Waals surface area contributed by atoms with Crippen LogP contribution in [0.1, 0.15) is 17.5 Å². The zero-order valence-electron chi connectivity index (χ0n) is 9.45. The molecule has 17 heavy (non-hydrogen) atoms. The third-order valence-corrected chi connectivity index (χ3v) is 2.27. The van der Waals surface area contributed by atoms with Crippen molar-refractivity contribution in [3.05, 3.63) is 29.8 Å². The predicted octanol–water partition coefficient (Wildman–Crippen LogP) is 2.76. The summed E-state index contributed by atoms with van der Waals surface area (Å²) >= 11 is 0. The Kier molecular flexibility index (Phi) is 2.99. The third kappa shape index (κ3) is 2.08. The SMILES string of the molecule is CCOC(=O)c1cc2cc(OC)c(F)cc2o1. The molecule has 0 N–H and O–H groups in total. The first-order chi connectivity index (χ1) is 8.15. The molecule has 4 nitrogen and oxygen atoms in total. The van der Waals surface area contributed by atoms with Crippen molar-refractivity contribution >= 4 is 16.9 Å². The van der Waals surface area contributed by atoms with Gasteiger partial charge in [0.25, 0.3) is 0 Å². The lowest BCUT2D eigenvalue weighted by Gasteiger charge is -1.99. The van der Waals surface area contributed by atoms with E-state index in [-0.39, 0.29) is 23.7 Å². The molecule has 2 aromatic rings. The molecule has 0 saturated carbocycles. The molecule has 1 aromatic carbocycles. The van der Waals surface area contributed by atoms with Gasteiger partial charge in [0, 0.05) is 11.5 Å². The molecule has 0 saturated heterocycles. The summed E-state index contributed by atoms with van der Waals surface area (Å²) in [4.78, 5) is 11.4. The summed E-state index contributed by atoms with van der Waals surface area (Å²) in [6, 6.07) is 4.14. The Labute approximate surface area is 96.9 Å². The number of fused-ring (bicyclic) bond motifs is 1. The zero-order chi connectivity index (χ0) is 12.4. The molecule has 0 fully saturated rings. The minimum atomic E-state index is -0.567. The van der Waals surface area contributed by atoms with Crippen molar-refractivity contribution in [1.29, 1.82) is 0 Å². The Morgan fingerprint density at radius 1 is 1.41 bits per heavy atom. The number of ether oxygens (including phenoxy) is 2. The Morgan fingerprint density at radius 2 is 2.18 bits per heavy atom. The van der Waals surface area contributed by atoms with Crippen molar-refractivity contribution < 1.29 is 23.1 Å². The fourth-order valence-electron chi connectivity index (χ4n) is 1.50. The minimum Gasteiger partial charge on any atom is -0.494 e. The molecule has 0 aliphatic carbocycles. The molecule has 1 heterocycles. The lowest BCUT2D eigenvalue weighted by molar-refractivity contribution is 0.0492. The van der Waals surface area contributed by atoms with Crippen molar-refractivity contribution in [2.45, 2.75) is 6.92 Å². The molecule has 90 valence electrons. The highest BCUT2D eigenvalue weighted by Gasteiger charge is 2.15. The van der Waals surface area contributed by atoms with Crippen molar-refractivity contribution in [2.75, 3.05) is 13.7 Å². The van der Waals surface area contributed by atoms with Crippen LogP contribution in [-0.4, -0.2) is 19.7 Å². The van der Waals surface area contributed by atoms with E-state index < -0.39 is 11.8 Å². The van der Waals surface area contributed by atoms with E-state index in [2.05, 4.69) is 0 Å². The predicted molar refractivity (Wildman–Crippen MR) is 58.7 cm³/mol. The van der Waals surface area contributed by atoms with Crippen LogP contribution in [-0.2, 0) is 4.74 Å². The Morgan fingerprint density at radius 3 is 2.82 bits per heavy atom. The smallest absolute Gasteiger partial charge is 0.374 e. The van der Waals surface area contributed by atoms with Gasteiger partial charge in [-0.15, -0.1) is 0 Å². The summed E-state index contributed by atoms with van der Waals surface area (Å²) < 4.78 is 28.2. The maximum atomic E-state index is 13.4. The summed E-state index contributed by atoms with van der Waals surface area (Å²) in [5.74, 6) is -0.948. The first-order valence-electron chi connectivity index (χ1n) is 5.10. The van der Waals surface area contributed by atoms with Gasteiger partial charge in [0.15, 0.2) is 11.6 Å². The van der Waals surface area contributed by atoms with Gasteiger partial charge in [-0.25, -0.2) is 9.18 Å². The molecule has 1 aromatic heterocycles. The molecular formula is C12H11FO4. The van der Waals surface area contributed by atoms with Crippen LogP contribution in [0.15, 0.2) is 22.6 Å². The second-order valence-corrected chi connectivity index (χ2v) is 3.36. The van der Waals surface area contributed by atoms with E-state index in [0.29, 0.717) is 5.39 Å². The van der Waals surface area contributed by atoms with E-state index in [1.165, 1.54) is 25.3 Å². The first-order valence-corrected chi connectivity index (χ1v) is 5.10. The number of hydrogen-bond donors (Lipinski definition) is 0. The number of carbonyl (C=O) groups excluding carboxylic acids is 1. The van der Waals surface area contributed by atoms with Crippen molar-refractivity contribution in [3.8, 4) is 5.75 Å². The van der Waals surface area contributed by atoms with Gasteiger partial charge in [-0.3, -0.25) is 0 Å². The molecule has 0 radical (unpaired) electrons. The normalized spacial score (nSPS) is 10.5. The maximum Gasteiger partial charge on any atom is 0.374 e. The standard InChI is InChI=1S/C12H11FO4/c1-3-16-12(14)11-5-7-4-10(15-2)8(13)6-9(7)17-11/h4-6H,3H2,1-2H3. The third-order valence-electron chi connectivity index (χ3n) is 2.27. The molecule has 0 aliphatic heterocycles. The summed E-state index contributed by atoms with van der Waals surface area (Å²) in [5, 5.41) is 0.589. The lowest BCUT2D eigenvalue weighted by Crippen LogP contribution is -2.02. The molecule has 0 aliphatic rings. The Bertz CT molecular complexity index is 559. The summed E-state index contributed by atoms with van der Waals surface area (Å²) in [6.07, 6.45) is 0. The monoisotopic (exact) mass is 238 g/mol. The topological polar surface area (TPSA) is 48.7 Å². The van der Waals surface area contributed by atoms with Crippen LogP contribution in [0.25, 0.3) is 11.0 Å². The molecule has 0 amide bonds. The number of benzene rings is 1. The molecule has 2 rings (SSSR count). The van der Waals surface area contributed by atoms with Crippen LogP contribution in [0.5, 0.6) is 5.75 Å². The van der Waals surface area contributed by atoms with Crippen molar-refractivity contribution in [2.24, 2.45) is 0 Å². The molecule has 0 spiro atoms. The second kappa shape index (κ2) is 4.45. The summed E-state index contributed by atoms with van der Waals surface area (Å²) in [7, 11) is 1.37. The van der Waals surface area contributed by atoms with Gasteiger partial charge in [-0.05, 0) is 19.1 Å². The molecule has 0 unspecified atom stereocenters. The van der Waals surface area contributed by atoms with E-state index in [0.717, 1.165) is 0 Å². The van der Waals surface area contributed by atoms with E-state index in [4.69, 9.17) is 13.9 Å². The Balaban J connectivity index is 2.47. The van der Waals surface area contributed by atoms with E-state index in [9.17, 15) is 9.18 Å². The number of methoxy groups -OCH3 is 1. The number of furan rings is 1. The van der Waals surface area contributed by atoms with Gasteiger partial charge >= 0.3 is 5.97 Å². The lowest BCUT2D eigenvalue weighted by atomic mass is 10.2. The van der Waals surface area contributed by atoms with Gasteiger partial charge < -0.3 is 13.9 Å². The van der Waals surface area contributed by atoms with Crippen LogP contribution in [0.2, 0.25) is 0 Å². The van der Waals surface area contributed by atoms with E-state index in [1.807, 2.05) is 0 Å². The van der Waals surface area contributed by atoms with Crippen LogP contribution < -0.4 is 4.74 Å². The van der Waals surface area contributed by atoms with Gasteiger partial charge in [0.1, 0.15) is 5.58 Å². The summed E-state index contributed by atoms with van der Waals surface area (Å²) in [6.45, 7) is 1.96. The second-order valence-electron chi connectivity index (χ2n) is 3.36. The molecule has 5 heteroatoms. The van der Waals surface area contributed by atoms with Gasteiger partial charge in [-0.1, -0.05) is 0 Å². The zero-order valence-corrected chi connectivity index (χ0v) is 9.45. The van der Waals surface area contributed by atoms with Crippen molar-refractivity contribution in [3.63, 3.8) is 0 Å². The summed E-state index contributed by atoms with van der Waals surface area (Å²) in [5.41, 5.74) is 0.284. The van der Waals surface area contributed by atoms with Crippen LogP contribution >= 0.6 is 0 Å². The fourth-order valence-corrected chi connectivity index (χ4v) is 1.50. The van der Waals surface area contributed by atoms with Gasteiger partial charge in [0.2, 0.25) is 5.76 Å². The van der Waals surface area contributed by atoms with Gasteiger partial charge in [-0.2, -0.15) is 0 Å². The number of halogens is 1. The number of esters is 1. The first kappa shape index (κ1) is 11.4. The molecule has 0 atom stereocenters. The highest BCUT2D eigenvalue weighted by molar-refractivity contribution is 5.93. The largest absolute Gasteiger partial charge is 0.494 e. The number of carbonyl (C=O) groups is 1. The quantitative estimate of drug-likeness (QED) is 0.771. The van der Waals surface area contributed by atoms with Crippen LogP contribution in [0.4, 0.5) is 4.39 Å². The number of rotatable bonds is 3. The average molecular weight is 238 g/mol. The van der Waals surface area contributed by atoms with E-state index >= 15 is 0 Å². The van der Waals surface area contributed by atoms with Crippen LogP contribution in [0.3, 0.4) is 0 Å². The number of hydrogen-bond acceptors (Lipinski definition) is 4. The highest BCUT2D eigenvalue weighted by Crippen LogP contribution is 2.27. The van der Waals surface area contributed by atoms with Crippen molar-refractivity contribution in [1.82, 2.24) is 0 Å². The van der Waals surface area contributed by atoms with Gasteiger partial charge in [0.05, 0.1) is 13.7 Å². The maximum absolute atomic E-state index is 13.4. The van der Waals surface area contributed by atoms with Crippen LogP contribution in [0, 0.1) is 5.82 Å². The fraction of sp³-hybridized carbons (Fsp3) is 0.250. The van der Waals surface area contributed by atoms with E-state index in [1.54, 1.807) is 6.92 Å². The molecular weight excluding hydrogens is 227 g/mol. The minimum absolute atomic E-state index is 0.0505. The average Bonchev–Trinajstić information content (AvgIpc) is 2.71. The molecule has 0 bridgehead atoms.